The van der Waals surface area contributed by atoms with Gasteiger partial charge in [0.1, 0.15) is 5.82 Å². The van der Waals surface area contributed by atoms with Gasteiger partial charge in [-0.05, 0) is 19.1 Å². The Bertz CT molecular complexity index is 532. The van der Waals surface area contributed by atoms with E-state index in [-0.39, 0.29) is 5.91 Å². The van der Waals surface area contributed by atoms with Crippen LogP contribution in [0, 0.1) is 0 Å². The summed E-state index contributed by atoms with van der Waals surface area (Å²) in [7, 11) is 1.79. The third-order valence-electron chi connectivity index (χ3n) is 2.35. The van der Waals surface area contributed by atoms with E-state index in [4.69, 9.17) is 0 Å². The van der Waals surface area contributed by atoms with Gasteiger partial charge in [0.25, 0.3) is 5.91 Å². The van der Waals surface area contributed by atoms with Gasteiger partial charge in [-0.2, -0.15) is 5.10 Å². The van der Waals surface area contributed by atoms with Crippen molar-refractivity contribution in [2.45, 2.75) is 6.92 Å². The first-order chi connectivity index (χ1) is 8.69. The van der Waals surface area contributed by atoms with E-state index in [0.29, 0.717) is 11.3 Å². The maximum Gasteiger partial charge on any atom is 0.257 e. The van der Waals surface area contributed by atoms with Gasteiger partial charge < -0.3 is 10.6 Å². The Hall–Kier alpha value is -2.37. The summed E-state index contributed by atoms with van der Waals surface area (Å²) in [4.78, 5) is 16.0. The normalized spacial score (nSPS) is 10.1. The van der Waals surface area contributed by atoms with Crippen LogP contribution in [0.3, 0.4) is 0 Å². The lowest BCUT2D eigenvalue weighted by Gasteiger charge is -2.04. The van der Waals surface area contributed by atoms with E-state index in [1.807, 2.05) is 6.92 Å². The quantitative estimate of drug-likeness (QED) is 0.856. The van der Waals surface area contributed by atoms with E-state index in [1.165, 1.54) is 0 Å². The van der Waals surface area contributed by atoms with Crippen molar-refractivity contribution < 1.29 is 4.79 Å². The summed E-state index contributed by atoms with van der Waals surface area (Å²) in [6, 6.07) is 3.51. The molecule has 0 aliphatic heterocycles. The summed E-state index contributed by atoms with van der Waals surface area (Å²) in [5.41, 5.74) is 1.18. The maximum atomic E-state index is 11.9. The summed E-state index contributed by atoms with van der Waals surface area (Å²) >= 11 is 0. The molecule has 0 unspecified atom stereocenters. The van der Waals surface area contributed by atoms with Gasteiger partial charge in [-0.1, -0.05) is 0 Å². The molecule has 0 aromatic carbocycles. The largest absolute Gasteiger partial charge is 0.370 e. The summed E-state index contributed by atoms with van der Waals surface area (Å²) in [5, 5.41) is 9.80. The van der Waals surface area contributed by atoms with Gasteiger partial charge in [-0.3, -0.25) is 9.48 Å². The van der Waals surface area contributed by atoms with Crippen molar-refractivity contribution in [1.82, 2.24) is 14.8 Å². The first kappa shape index (κ1) is 12.1. The van der Waals surface area contributed by atoms with E-state index in [0.717, 1.165) is 12.4 Å². The molecule has 2 rings (SSSR count). The zero-order chi connectivity index (χ0) is 13.0. The van der Waals surface area contributed by atoms with E-state index < -0.39 is 0 Å². The fourth-order valence-corrected chi connectivity index (χ4v) is 1.50. The standard InChI is InChI=1S/C12H15N5O/c1-3-13-11-5-4-9(6-14-11)12(18)16-10-7-15-17(2)8-10/h4-8H,3H2,1-2H3,(H,13,14)(H,16,18). The second-order valence-corrected chi connectivity index (χ2v) is 3.82. The lowest BCUT2D eigenvalue weighted by Crippen LogP contribution is -2.12. The molecule has 2 aromatic rings. The van der Waals surface area contributed by atoms with Crippen LogP contribution in [0.2, 0.25) is 0 Å². The average molecular weight is 245 g/mol. The Labute approximate surface area is 105 Å². The van der Waals surface area contributed by atoms with Crippen molar-refractivity contribution in [3.8, 4) is 0 Å². The summed E-state index contributed by atoms with van der Waals surface area (Å²) in [6.07, 6.45) is 4.88. The number of pyridine rings is 1. The van der Waals surface area contributed by atoms with Crippen molar-refractivity contribution in [3.05, 3.63) is 36.3 Å². The van der Waals surface area contributed by atoms with E-state index in [1.54, 1.807) is 42.5 Å². The van der Waals surface area contributed by atoms with Crippen LogP contribution in [0.1, 0.15) is 17.3 Å². The minimum absolute atomic E-state index is 0.196. The Morgan fingerprint density at radius 2 is 2.22 bits per heavy atom. The van der Waals surface area contributed by atoms with Crippen molar-refractivity contribution >= 4 is 17.4 Å². The summed E-state index contributed by atoms with van der Waals surface area (Å²) in [6.45, 7) is 2.79. The Balaban J connectivity index is 2.04. The summed E-state index contributed by atoms with van der Waals surface area (Å²) < 4.78 is 1.63. The number of carbonyl (C=O) groups is 1. The molecule has 2 heterocycles. The third-order valence-corrected chi connectivity index (χ3v) is 2.35. The second-order valence-electron chi connectivity index (χ2n) is 3.82. The van der Waals surface area contributed by atoms with E-state index in [2.05, 4.69) is 20.7 Å². The molecule has 6 nitrogen and oxygen atoms in total. The molecule has 6 heteroatoms. The molecule has 0 radical (unpaired) electrons. The molecular weight excluding hydrogens is 230 g/mol. The molecule has 0 aliphatic carbocycles. The van der Waals surface area contributed by atoms with Crippen molar-refractivity contribution in [2.24, 2.45) is 7.05 Å². The van der Waals surface area contributed by atoms with Gasteiger partial charge in [0.05, 0.1) is 17.4 Å². The van der Waals surface area contributed by atoms with Crippen molar-refractivity contribution in [2.75, 3.05) is 17.2 Å². The van der Waals surface area contributed by atoms with Gasteiger partial charge >= 0.3 is 0 Å². The molecule has 0 aliphatic rings. The first-order valence-electron chi connectivity index (χ1n) is 5.69. The van der Waals surface area contributed by atoms with Gasteiger partial charge in [0.2, 0.25) is 0 Å². The van der Waals surface area contributed by atoms with E-state index >= 15 is 0 Å². The second kappa shape index (κ2) is 5.31. The molecule has 1 amide bonds. The molecule has 0 atom stereocenters. The molecule has 0 spiro atoms. The lowest BCUT2D eigenvalue weighted by molar-refractivity contribution is 0.102. The van der Waals surface area contributed by atoms with Crippen LogP contribution in [-0.4, -0.2) is 27.2 Å². The van der Waals surface area contributed by atoms with Gasteiger partial charge in [0, 0.05) is 26.0 Å². The average Bonchev–Trinajstić information content (AvgIpc) is 2.76. The molecule has 2 aromatic heterocycles. The van der Waals surface area contributed by atoms with Crippen LogP contribution in [0.5, 0.6) is 0 Å². The monoisotopic (exact) mass is 245 g/mol. The molecule has 0 bridgehead atoms. The summed E-state index contributed by atoms with van der Waals surface area (Å²) in [5.74, 6) is 0.564. The molecule has 18 heavy (non-hydrogen) atoms. The maximum absolute atomic E-state index is 11.9. The topological polar surface area (TPSA) is 71.8 Å². The van der Waals surface area contributed by atoms with Gasteiger partial charge in [-0.25, -0.2) is 4.98 Å². The fourth-order valence-electron chi connectivity index (χ4n) is 1.50. The van der Waals surface area contributed by atoms with Crippen molar-refractivity contribution in [3.63, 3.8) is 0 Å². The lowest BCUT2D eigenvalue weighted by atomic mass is 10.2. The Morgan fingerprint density at radius 3 is 2.78 bits per heavy atom. The minimum Gasteiger partial charge on any atom is -0.370 e. The zero-order valence-electron chi connectivity index (χ0n) is 10.3. The predicted molar refractivity (Wildman–Crippen MR) is 69.6 cm³/mol. The number of amides is 1. The molecule has 2 N–H and O–H groups in total. The SMILES string of the molecule is CCNc1ccc(C(=O)Nc2cnn(C)c2)cn1. The fraction of sp³-hybridized carbons (Fsp3) is 0.250. The number of hydrogen-bond donors (Lipinski definition) is 2. The highest BCUT2D eigenvalue weighted by Crippen LogP contribution is 2.09. The minimum atomic E-state index is -0.196. The number of aryl methyl sites for hydroxylation is 1. The zero-order valence-corrected chi connectivity index (χ0v) is 10.3. The number of nitrogens with zero attached hydrogens (tertiary/aromatic N) is 3. The van der Waals surface area contributed by atoms with Crippen LogP contribution in [0.25, 0.3) is 0 Å². The molecule has 0 saturated heterocycles. The number of rotatable bonds is 4. The highest BCUT2D eigenvalue weighted by molar-refractivity contribution is 6.04. The Kier molecular flexibility index (Phi) is 3.57. The molecule has 0 saturated carbocycles. The predicted octanol–water partition coefficient (Wildman–Crippen LogP) is 1.50. The number of aromatic nitrogens is 3. The first-order valence-corrected chi connectivity index (χ1v) is 5.69. The molecular formula is C12H15N5O. The highest BCUT2D eigenvalue weighted by atomic mass is 16.1. The van der Waals surface area contributed by atoms with Crippen LogP contribution in [0.15, 0.2) is 30.7 Å². The van der Waals surface area contributed by atoms with Gasteiger partial charge in [-0.15, -0.1) is 0 Å². The molecule has 94 valence electrons. The highest BCUT2D eigenvalue weighted by Gasteiger charge is 2.07. The van der Waals surface area contributed by atoms with E-state index in [9.17, 15) is 4.79 Å². The Morgan fingerprint density at radius 1 is 1.39 bits per heavy atom. The number of anilines is 2. The van der Waals surface area contributed by atoms with Crippen LogP contribution < -0.4 is 10.6 Å². The molecule has 0 fully saturated rings. The van der Waals surface area contributed by atoms with Crippen molar-refractivity contribution in [1.29, 1.82) is 0 Å². The van der Waals surface area contributed by atoms with Crippen LogP contribution >= 0.6 is 0 Å². The number of hydrogen-bond acceptors (Lipinski definition) is 4. The number of nitrogens with one attached hydrogen (secondary N) is 2. The van der Waals surface area contributed by atoms with Crippen LogP contribution in [-0.2, 0) is 7.05 Å². The van der Waals surface area contributed by atoms with Crippen LogP contribution in [0.4, 0.5) is 11.5 Å². The number of carbonyl (C=O) groups excluding carboxylic acids is 1. The third kappa shape index (κ3) is 2.85. The van der Waals surface area contributed by atoms with Gasteiger partial charge in [0.15, 0.2) is 0 Å². The smallest absolute Gasteiger partial charge is 0.257 e.